The zero-order valence-corrected chi connectivity index (χ0v) is 15.1. The Hall–Kier alpha value is -2.28. The predicted octanol–water partition coefficient (Wildman–Crippen LogP) is 2.93. The van der Waals surface area contributed by atoms with E-state index in [9.17, 15) is 14.9 Å². The molecule has 0 amide bonds. The topological polar surface area (TPSA) is 84.7 Å². The summed E-state index contributed by atoms with van der Waals surface area (Å²) < 4.78 is 5.14. The van der Waals surface area contributed by atoms with Gasteiger partial charge in [-0.3, -0.25) is 10.1 Å². The van der Waals surface area contributed by atoms with E-state index in [2.05, 4.69) is 5.32 Å². The van der Waals surface area contributed by atoms with E-state index in [4.69, 9.17) is 4.74 Å². The fourth-order valence-electron chi connectivity index (χ4n) is 3.38. The van der Waals surface area contributed by atoms with Crippen molar-refractivity contribution < 1.29 is 14.5 Å². The second-order valence-electron chi connectivity index (χ2n) is 6.10. The van der Waals surface area contributed by atoms with E-state index < -0.39 is 0 Å². The number of allylic oxidation sites excluding steroid dienone is 1. The maximum Gasteiger partial charge on any atom is 0.328 e. The van der Waals surface area contributed by atoms with Gasteiger partial charge in [0.2, 0.25) is 0 Å². The quantitative estimate of drug-likeness (QED) is 0.502. The van der Waals surface area contributed by atoms with Crippen LogP contribution in [0.1, 0.15) is 31.7 Å². The van der Waals surface area contributed by atoms with Crippen LogP contribution in [0, 0.1) is 10.1 Å². The van der Waals surface area contributed by atoms with E-state index in [-0.39, 0.29) is 35.0 Å². The summed E-state index contributed by atoms with van der Waals surface area (Å²) in [6, 6.07) is 4.58. The van der Waals surface area contributed by atoms with Gasteiger partial charge in [0.25, 0.3) is 5.69 Å². The largest absolute Gasteiger partial charge is 0.464 e. The first-order valence-corrected chi connectivity index (χ1v) is 8.17. The third-order valence-electron chi connectivity index (χ3n) is 4.57. The predicted molar refractivity (Wildman–Crippen MR) is 96.9 cm³/mol. The molecule has 0 spiro atoms. The van der Waals surface area contributed by atoms with Crippen LogP contribution < -0.4 is 10.2 Å². The summed E-state index contributed by atoms with van der Waals surface area (Å²) >= 11 is 0. The molecule has 1 atom stereocenters. The van der Waals surface area contributed by atoms with Crippen LogP contribution in [0.25, 0.3) is 0 Å². The molecule has 7 nitrogen and oxygen atoms in total. The number of anilines is 1. The lowest BCUT2D eigenvalue weighted by Gasteiger charge is -2.33. The van der Waals surface area contributed by atoms with Crippen molar-refractivity contribution in [1.29, 1.82) is 0 Å². The van der Waals surface area contributed by atoms with Crippen LogP contribution in [0.5, 0.6) is 0 Å². The molecule has 1 N–H and O–H groups in total. The fraction of sp³-hybridized carbons (Fsp3) is 0.471. The number of fused-ring (bicyclic) bond motifs is 1. The van der Waals surface area contributed by atoms with Crippen molar-refractivity contribution in [3.8, 4) is 0 Å². The Bertz CT molecular complexity index is 720. The molecule has 3 rings (SSSR count). The van der Waals surface area contributed by atoms with E-state index in [0.29, 0.717) is 6.61 Å². The molecule has 0 radical (unpaired) electrons. The lowest BCUT2D eigenvalue weighted by molar-refractivity contribution is -0.384. The third kappa shape index (κ3) is 3.71. The van der Waals surface area contributed by atoms with Gasteiger partial charge in [-0.1, -0.05) is 0 Å². The minimum atomic E-state index is -0.389. The van der Waals surface area contributed by atoms with Crippen molar-refractivity contribution in [3.63, 3.8) is 0 Å². The zero-order valence-electron chi connectivity index (χ0n) is 14.3. The number of rotatable bonds is 3. The second-order valence-corrected chi connectivity index (χ2v) is 6.10. The van der Waals surface area contributed by atoms with Crippen LogP contribution in [-0.4, -0.2) is 30.6 Å². The van der Waals surface area contributed by atoms with Crippen molar-refractivity contribution in [2.45, 2.75) is 38.6 Å². The molecule has 0 saturated heterocycles. The maximum absolute atomic E-state index is 12.1. The van der Waals surface area contributed by atoms with E-state index in [1.807, 2.05) is 18.0 Å². The van der Waals surface area contributed by atoms with Crippen LogP contribution in [0.15, 0.2) is 29.6 Å². The summed E-state index contributed by atoms with van der Waals surface area (Å²) in [5.74, 6) is 0.628. The lowest BCUT2D eigenvalue weighted by atomic mass is 9.95. The number of nitrogens with zero attached hydrogens (tertiary/aromatic N) is 2. The highest BCUT2D eigenvalue weighted by Gasteiger charge is 2.31. The second kappa shape index (κ2) is 7.74. The number of benzene rings is 1. The van der Waals surface area contributed by atoms with Crippen LogP contribution >= 0.6 is 12.4 Å². The first-order chi connectivity index (χ1) is 11.5. The van der Waals surface area contributed by atoms with Crippen LogP contribution in [0.3, 0.4) is 0 Å². The minimum Gasteiger partial charge on any atom is -0.464 e. The number of ether oxygens (including phenoxy) is 1. The molecular weight excluding hydrogens is 346 g/mol. The van der Waals surface area contributed by atoms with Crippen molar-refractivity contribution >= 4 is 29.8 Å². The molecule has 1 aromatic carbocycles. The Balaban J connectivity index is 0.00000225. The van der Waals surface area contributed by atoms with Gasteiger partial charge in [0.1, 0.15) is 11.9 Å². The van der Waals surface area contributed by atoms with Gasteiger partial charge in [0.05, 0.1) is 17.2 Å². The highest BCUT2D eigenvalue weighted by atomic mass is 35.5. The van der Waals surface area contributed by atoms with E-state index in [0.717, 1.165) is 42.8 Å². The number of carbonyl (C=O) groups excluding carboxylic acids is 1. The van der Waals surface area contributed by atoms with Gasteiger partial charge >= 0.3 is 5.97 Å². The molecule has 2 aliphatic heterocycles. The number of nitro benzene ring substituents is 1. The summed E-state index contributed by atoms with van der Waals surface area (Å²) in [6.45, 7) is 2.15. The summed E-state index contributed by atoms with van der Waals surface area (Å²) in [7, 11) is 1.87. The van der Waals surface area contributed by atoms with E-state index in [1.54, 1.807) is 19.1 Å². The standard InChI is InChI=1S/C17H21N3O4.ClH/c1-3-24-17(21)14-6-4-5-12-9-11-7-8-13(20(22)23)10-15(11)19(2)16(12)18-14;/h7-8,10,14,18H,3-6,9H2,1-2H3;1H. The highest BCUT2D eigenvalue weighted by molar-refractivity contribution is 5.85. The molecular formula is C17H22ClN3O4. The van der Waals surface area contributed by atoms with Crippen LogP contribution in [0.4, 0.5) is 11.4 Å². The fourth-order valence-corrected chi connectivity index (χ4v) is 3.38. The van der Waals surface area contributed by atoms with E-state index >= 15 is 0 Å². The number of nitro groups is 1. The summed E-state index contributed by atoms with van der Waals surface area (Å²) in [4.78, 5) is 24.7. The zero-order chi connectivity index (χ0) is 17.3. The molecule has 0 aliphatic carbocycles. The molecule has 0 aromatic heterocycles. The van der Waals surface area contributed by atoms with Crippen molar-refractivity contribution in [2.24, 2.45) is 0 Å². The van der Waals surface area contributed by atoms with Gasteiger partial charge in [0, 0.05) is 19.2 Å². The molecule has 1 aromatic rings. The van der Waals surface area contributed by atoms with Gasteiger partial charge in [-0.05, 0) is 49.8 Å². The molecule has 0 fully saturated rings. The van der Waals surface area contributed by atoms with Crippen LogP contribution in [0.2, 0.25) is 0 Å². The normalized spacial score (nSPS) is 19.0. The molecule has 0 bridgehead atoms. The Morgan fingerprint density at radius 2 is 2.24 bits per heavy atom. The monoisotopic (exact) mass is 367 g/mol. The maximum atomic E-state index is 12.1. The Morgan fingerprint density at radius 1 is 1.48 bits per heavy atom. The smallest absolute Gasteiger partial charge is 0.328 e. The van der Waals surface area contributed by atoms with Crippen molar-refractivity contribution in [2.75, 3.05) is 18.6 Å². The lowest BCUT2D eigenvalue weighted by Crippen LogP contribution is -2.42. The highest BCUT2D eigenvalue weighted by Crippen LogP contribution is 2.37. The number of carbonyl (C=O) groups is 1. The van der Waals surface area contributed by atoms with Gasteiger partial charge in [-0.2, -0.15) is 0 Å². The molecule has 2 aliphatic rings. The number of hydrogen-bond donors (Lipinski definition) is 1. The Morgan fingerprint density at radius 3 is 2.92 bits per heavy atom. The van der Waals surface area contributed by atoms with E-state index in [1.165, 1.54) is 5.57 Å². The number of nitrogens with one attached hydrogen (secondary N) is 1. The molecule has 0 saturated carbocycles. The third-order valence-corrected chi connectivity index (χ3v) is 4.57. The molecule has 25 heavy (non-hydrogen) atoms. The summed E-state index contributed by atoms with van der Waals surface area (Å²) in [5, 5.41) is 14.3. The average molecular weight is 368 g/mol. The molecule has 2 heterocycles. The number of halogens is 1. The van der Waals surface area contributed by atoms with Crippen molar-refractivity contribution in [3.05, 3.63) is 45.3 Å². The number of non-ortho nitro benzene ring substituents is 1. The van der Waals surface area contributed by atoms with Gasteiger partial charge in [-0.25, -0.2) is 4.79 Å². The average Bonchev–Trinajstić information content (AvgIpc) is 2.77. The van der Waals surface area contributed by atoms with Crippen molar-refractivity contribution in [1.82, 2.24) is 5.32 Å². The van der Waals surface area contributed by atoms with Gasteiger partial charge in [0.15, 0.2) is 0 Å². The Labute approximate surface area is 152 Å². The Kier molecular flexibility index (Phi) is 5.89. The molecule has 1 unspecified atom stereocenters. The van der Waals surface area contributed by atoms with Crippen LogP contribution in [-0.2, 0) is 16.0 Å². The SMILES string of the molecule is CCOC(=O)C1CCCC2=C(N1)N(C)c1cc([N+](=O)[O-])ccc1C2.Cl. The minimum absolute atomic E-state index is 0. The number of hydrogen-bond acceptors (Lipinski definition) is 6. The van der Waals surface area contributed by atoms with Gasteiger partial charge in [-0.15, -0.1) is 12.4 Å². The summed E-state index contributed by atoms with van der Waals surface area (Å²) in [6.07, 6.45) is 3.27. The molecule has 8 heteroatoms. The summed E-state index contributed by atoms with van der Waals surface area (Å²) in [5.41, 5.74) is 3.17. The first-order valence-electron chi connectivity index (χ1n) is 8.17. The number of esters is 1. The van der Waals surface area contributed by atoms with Gasteiger partial charge < -0.3 is 15.0 Å². The molecule has 136 valence electrons. The first kappa shape index (κ1) is 19.1.